The number of rotatable bonds is 7. The number of allylic oxidation sites excluding steroid dienone is 1. The Kier molecular flexibility index (Phi) is 6.96. The zero-order chi connectivity index (χ0) is 23.4. The molecule has 0 bridgehead atoms. The van der Waals surface area contributed by atoms with Crippen LogP contribution in [0.1, 0.15) is 6.92 Å². The molecule has 0 spiro atoms. The van der Waals surface area contributed by atoms with Crippen molar-refractivity contribution in [1.29, 1.82) is 0 Å². The first-order chi connectivity index (χ1) is 16.0. The number of carbonyl (C=O) groups is 1. The molecule has 1 aromatic heterocycles. The summed E-state index contributed by atoms with van der Waals surface area (Å²) < 4.78 is 1.51. The fourth-order valence-corrected chi connectivity index (χ4v) is 4.55. The van der Waals surface area contributed by atoms with Crippen molar-refractivity contribution in [2.24, 2.45) is 0 Å². The van der Waals surface area contributed by atoms with Crippen LogP contribution < -0.4 is 10.9 Å². The quantitative estimate of drug-likeness (QED) is 0.201. The number of hydrogen-bond acceptors (Lipinski definition) is 4. The van der Waals surface area contributed by atoms with E-state index in [4.69, 9.17) is 11.6 Å². The number of thioether (sulfide) groups is 1. The number of benzene rings is 3. The molecule has 0 saturated carbocycles. The topological polar surface area (TPSA) is 64.0 Å². The van der Waals surface area contributed by atoms with Crippen LogP contribution in [-0.2, 0) is 11.3 Å². The number of aromatic nitrogens is 2. The molecule has 4 rings (SSSR count). The highest BCUT2D eigenvalue weighted by atomic mass is 35.5. The van der Waals surface area contributed by atoms with Crippen molar-refractivity contribution in [2.45, 2.75) is 23.9 Å². The molecule has 166 valence electrons. The molecule has 1 amide bonds. The summed E-state index contributed by atoms with van der Waals surface area (Å²) in [5.41, 5.74) is 3.00. The van der Waals surface area contributed by atoms with Crippen LogP contribution in [0.15, 0.2) is 95.4 Å². The van der Waals surface area contributed by atoms with Gasteiger partial charge in [0.15, 0.2) is 5.16 Å². The van der Waals surface area contributed by atoms with Gasteiger partial charge in [0.05, 0.1) is 16.2 Å². The maximum Gasteiger partial charge on any atom is 0.262 e. The van der Waals surface area contributed by atoms with Gasteiger partial charge in [-0.25, -0.2) is 4.98 Å². The lowest BCUT2D eigenvalue weighted by Gasteiger charge is -2.17. The van der Waals surface area contributed by atoms with Gasteiger partial charge in [-0.15, -0.1) is 6.58 Å². The van der Waals surface area contributed by atoms with Crippen molar-refractivity contribution in [2.75, 3.05) is 5.32 Å². The van der Waals surface area contributed by atoms with E-state index in [0.717, 1.165) is 16.8 Å². The van der Waals surface area contributed by atoms with Gasteiger partial charge in [-0.05, 0) is 36.8 Å². The molecule has 0 aliphatic carbocycles. The molecule has 7 heteroatoms. The lowest BCUT2D eigenvalue weighted by Crippen LogP contribution is -2.27. The minimum Gasteiger partial charge on any atom is -0.325 e. The van der Waals surface area contributed by atoms with Crippen LogP contribution in [0.5, 0.6) is 0 Å². The predicted octanol–water partition coefficient (Wildman–Crippen LogP) is 6.02. The molecule has 0 aliphatic heterocycles. The monoisotopic (exact) mass is 475 g/mol. The van der Waals surface area contributed by atoms with Gasteiger partial charge in [-0.3, -0.25) is 14.2 Å². The number of carbonyl (C=O) groups excluding carboxylic acids is 1. The van der Waals surface area contributed by atoms with Crippen LogP contribution in [0.3, 0.4) is 0 Å². The largest absolute Gasteiger partial charge is 0.325 e. The molecule has 1 heterocycles. The average molecular weight is 476 g/mol. The molecule has 4 aromatic rings. The molecule has 33 heavy (non-hydrogen) atoms. The number of anilines is 1. The van der Waals surface area contributed by atoms with Crippen LogP contribution >= 0.6 is 23.4 Å². The highest BCUT2D eigenvalue weighted by Crippen LogP contribution is 2.29. The molecular weight excluding hydrogens is 454 g/mol. The highest BCUT2D eigenvalue weighted by molar-refractivity contribution is 8.00. The summed E-state index contributed by atoms with van der Waals surface area (Å²) in [5.74, 6) is -0.181. The van der Waals surface area contributed by atoms with Crippen LogP contribution in [0.2, 0.25) is 5.02 Å². The zero-order valence-electron chi connectivity index (χ0n) is 18.0. The smallest absolute Gasteiger partial charge is 0.262 e. The predicted molar refractivity (Wildman–Crippen MR) is 137 cm³/mol. The van der Waals surface area contributed by atoms with Crippen molar-refractivity contribution in [3.05, 3.63) is 101 Å². The summed E-state index contributed by atoms with van der Waals surface area (Å²) in [6.07, 6.45) is 1.63. The van der Waals surface area contributed by atoms with E-state index in [1.807, 2.05) is 54.6 Å². The minimum absolute atomic E-state index is 0.181. The number of nitrogens with one attached hydrogen (secondary N) is 1. The molecular formula is C26H22ClN3O2S. The number of halogens is 1. The molecule has 3 aromatic carbocycles. The number of fused-ring (bicyclic) bond motifs is 1. The highest BCUT2D eigenvalue weighted by Gasteiger charge is 2.20. The summed E-state index contributed by atoms with van der Waals surface area (Å²) in [4.78, 5) is 30.7. The van der Waals surface area contributed by atoms with Gasteiger partial charge in [-0.1, -0.05) is 78.0 Å². The first kappa shape index (κ1) is 22.8. The average Bonchev–Trinajstić information content (AvgIpc) is 2.83. The number of nitrogens with zero attached hydrogens (tertiary/aromatic N) is 2. The Hall–Kier alpha value is -3.35. The molecule has 5 nitrogen and oxygen atoms in total. The van der Waals surface area contributed by atoms with E-state index in [0.29, 0.717) is 21.1 Å². The van der Waals surface area contributed by atoms with E-state index in [9.17, 15) is 9.59 Å². The lowest BCUT2D eigenvalue weighted by molar-refractivity contribution is -0.115. The summed E-state index contributed by atoms with van der Waals surface area (Å²) in [5, 5.41) is 3.88. The van der Waals surface area contributed by atoms with Crippen LogP contribution in [0, 0.1) is 0 Å². The second kappa shape index (κ2) is 10.1. The third kappa shape index (κ3) is 5.02. The van der Waals surface area contributed by atoms with Crippen molar-refractivity contribution < 1.29 is 4.79 Å². The fourth-order valence-electron chi connectivity index (χ4n) is 3.46. The lowest BCUT2D eigenvalue weighted by atomic mass is 10.0. The Morgan fingerprint density at radius 1 is 1.15 bits per heavy atom. The summed E-state index contributed by atoms with van der Waals surface area (Å²) in [7, 11) is 0. The van der Waals surface area contributed by atoms with Gasteiger partial charge >= 0.3 is 0 Å². The Bertz CT molecular complexity index is 1390. The van der Waals surface area contributed by atoms with E-state index >= 15 is 0 Å². The molecule has 1 N–H and O–H groups in total. The molecule has 1 atom stereocenters. The van der Waals surface area contributed by atoms with Gasteiger partial charge in [0.1, 0.15) is 0 Å². The molecule has 0 aliphatic rings. The van der Waals surface area contributed by atoms with E-state index < -0.39 is 5.25 Å². The van der Waals surface area contributed by atoms with Crippen molar-refractivity contribution in [1.82, 2.24) is 9.55 Å². The zero-order valence-corrected chi connectivity index (χ0v) is 19.6. The SMILES string of the molecule is C=CCn1c(SC(C)C(=O)Nc2ccccc2-c2ccccc2)nc2ccc(Cl)cc2c1=O. The van der Waals surface area contributed by atoms with Crippen LogP contribution in [-0.4, -0.2) is 20.7 Å². The third-order valence-electron chi connectivity index (χ3n) is 5.11. The minimum atomic E-state index is -0.499. The normalized spacial score (nSPS) is 11.8. The summed E-state index contributed by atoms with van der Waals surface area (Å²) in [6.45, 7) is 5.82. The number of hydrogen-bond donors (Lipinski definition) is 1. The van der Waals surface area contributed by atoms with E-state index in [1.165, 1.54) is 16.3 Å². The fraction of sp³-hybridized carbons (Fsp3) is 0.115. The number of para-hydroxylation sites is 1. The van der Waals surface area contributed by atoms with Crippen LogP contribution in [0.4, 0.5) is 5.69 Å². The van der Waals surface area contributed by atoms with Crippen molar-refractivity contribution >= 4 is 45.9 Å². The first-order valence-corrected chi connectivity index (χ1v) is 11.7. The standard InChI is InChI=1S/C26H22ClN3O2S/c1-3-15-30-25(32)21-16-19(27)13-14-23(21)29-26(30)33-17(2)24(31)28-22-12-8-7-11-20(22)18-9-5-4-6-10-18/h3-14,16-17H,1,15H2,2H3,(H,28,31). The van der Waals surface area contributed by atoms with Crippen molar-refractivity contribution in [3.8, 4) is 11.1 Å². The van der Waals surface area contributed by atoms with Gasteiger partial charge in [-0.2, -0.15) is 0 Å². The second-order valence-electron chi connectivity index (χ2n) is 7.42. The maximum absolute atomic E-state index is 13.1. The van der Waals surface area contributed by atoms with Crippen LogP contribution in [0.25, 0.3) is 22.0 Å². The second-order valence-corrected chi connectivity index (χ2v) is 9.17. The first-order valence-electron chi connectivity index (χ1n) is 10.4. The molecule has 0 fully saturated rings. The molecule has 1 unspecified atom stereocenters. The van der Waals surface area contributed by atoms with Crippen molar-refractivity contribution in [3.63, 3.8) is 0 Å². The third-order valence-corrected chi connectivity index (χ3v) is 6.44. The number of amides is 1. The van der Waals surface area contributed by atoms with Gasteiger partial charge < -0.3 is 5.32 Å². The van der Waals surface area contributed by atoms with Gasteiger partial charge in [0, 0.05) is 22.8 Å². The van der Waals surface area contributed by atoms with E-state index in [2.05, 4.69) is 16.9 Å². The Labute approximate surface area is 201 Å². The van der Waals surface area contributed by atoms with Gasteiger partial charge in [0.25, 0.3) is 5.56 Å². The van der Waals surface area contributed by atoms with E-state index in [-0.39, 0.29) is 18.0 Å². The van der Waals surface area contributed by atoms with Gasteiger partial charge in [0.2, 0.25) is 5.91 Å². The Morgan fingerprint density at radius 3 is 2.64 bits per heavy atom. The summed E-state index contributed by atoms with van der Waals surface area (Å²) >= 11 is 7.30. The molecule has 0 saturated heterocycles. The Morgan fingerprint density at radius 2 is 1.88 bits per heavy atom. The Balaban J connectivity index is 1.62. The molecule has 0 radical (unpaired) electrons. The van der Waals surface area contributed by atoms with E-state index in [1.54, 1.807) is 31.2 Å². The maximum atomic E-state index is 13.1. The summed E-state index contributed by atoms with van der Waals surface area (Å²) in [6, 6.07) is 22.6.